The molecule has 1 aromatic heterocycles. The maximum absolute atomic E-state index is 11.3. The molecule has 2 rings (SSSR count). The summed E-state index contributed by atoms with van der Waals surface area (Å²) in [5.41, 5.74) is 1.84. The molecule has 0 aliphatic heterocycles. The van der Waals surface area contributed by atoms with Crippen LogP contribution in [0.3, 0.4) is 0 Å². The van der Waals surface area contributed by atoms with E-state index in [1.54, 1.807) is 18.2 Å². The summed E-state index contributed by atoms with van der Waals surface area (Å²) >= 11 is 0. The molecule has 1 N–H and O–H groups in total. The van der Waals surface area contributed by atoms with Gasteiger partial charge in [-0.1, -0.05) is 23.8 Å². The summed E-state index contributed by atoms with van der Waals surface area (Å²) in [6, 6.07) is 8.58. The highest BCUT2D eigenvalue weighted by Crippen LogP contribution is 2.22. The Kier molecular flexibility index (Phi) is 3.80. The zero-order valence-electron chi connectivity index (χ0n) is 10.7. The first kappa shape index (κ1) is 13.1. The Hall–Kier alpha value is -2.36. The molecule has 0 radical (unpaired) electrons. The zero-order valence-corrected chi connectivity index (χ0v) is 10.7. The van der Waals surface area contributed by atoms with Crippen molar-refractivity contribution in [3.05, 3.63) is 48.0 Å². The summed E-state index contributed by atoms with van der Waals surface area (Å²) in [6.07, 6.45) is 0.719. The summed E-state index contributed by atoms with van der Waals surface area (Å²) < 4.78 is 5.48. The van der Waals surface area contributed by atoms with Gasteiger partial charge in [0.15, 0.2) is 0 Å². The molecule has 0 amide bonds. The Labute approximate surface area is 111 Å². The van der Waals surface area contributed by atoms with Crippen molar-refractivity contribution in [1.82, 2.24) is 4.98 Å². The number of carbonyl (C=O) groups is 1. The lowest BCUT2D eigenvalue weighted by molar-refractivity contribution is 0.0698. The summed E-state index contributed by atoms with van der Waals surface area (Å²) in [5, 5.41) is 9.84. The van der Waals surface area contributed by atoms with Crippen LogP contribution in [-0.2, 0) is 0 Å². The molecule has 2 aromatic rings. The number of fused-ring (bicyclic) bond motifs is 1. The largest absolute Gasteiger partial charge is 0.478 e. The van der Waals surface area contributed by atoms with E-state index in [2.05, 4.69) is 11.6 Å². The fourth-order valence-corrected chi connectivity index (χ4v) is 1.73. The third kappa shape index (κ3) is 3.10. The van der Waals surface area contributed by atoms with Crippen molar-refractivity contribution in [3.63, 3.8) is 0 Å². The van der Waals surface area contributed by atoms with E-state index >= 15 is 0 Å². The maximum atomic E-state index is 11.3. The van der Waals surface area contributed by atoms with Gasteiger partial charge in [-0.25, -0.2) is 9.78 Å². The number of aromatic carboxylic acids is 1. The predicted octanol–water partition coefficient (Wildman–Crippen LogP) is 3.28. The molecule has 1 aromatic carbocycles. The molecule has 0 bridgehead atoms. The molecule has 98 valence electrons. The monoisotopic (exact) mass is 257 g/mol. The van der Waals surface area contributed by atoms with E-state index in [-0.39, 0.29) is 5.56 Å². The summed E-state index contributed by atoms with van der Waals surface area (Å²) in [5.74, 6) is -0.652. The second-order valence-corrected chi connectivity index (χ2v) is 4.39. The lowest BCUT2D eigenvalue weighted by Crippen LogP contribution is -2.04. The van der Waals surface area contributed by atoms with Crippen LogP contribution in [0.15, 0.2) is 42.5 Å². The van der Waals surface area contributed by atoms with Crippen molar-refractivity contribution in [2.24, 2.45) is 0 Å². The second kappa shape index (κ2) is 5.52. The van der Waals surface area contributed by atoms with Crippen LogP contribution in [0.25, 0.3) is 10.9 Å². The number of nitrogens with zero attached hydrogens (tertiary/aromatic N) is 1. The number of carboxylic acid groups (broad SMARTS) is 1. The predicted molar refractivity (Wildman–Crippen MR) is 73.6 cm³/mol. The van der Waals surface area contributed by atoms with E-state index in [1.165, 1.54) is 6.07 Å². The minimum absolute atomic E-state index is 0.205. The first-order chi connectivity index (χ1) is 9.08. The van der Waals surface area contributed by atoms with Crippen molar-refractivity contribution < 1.29 is 14.6 Å². The molecule has 19 heavy (non-hydrogen) atoms. The van der Waals surface area contributed by atoms with E-state index in [4.69, 9.17) is 4.74 Å². The van der Waals surface area contributed by atoms with E-state index in [1.807, 2.05) is 13.0 Å². The number of rotatable bonds is 5. The van der Waals surface area contributed by atoms with Crippen LogP contribution >= 0.6 is 0 Å². The van der Waals surface area contributed by atoms with E-state index in [0.29, 0.717) is 23.4 Å². The van der Waals surface area contributed by atoms with Gasteiger partial charge in [-0.2, -0.15) is 0 Å². The average Bonchev–Trinajstić information content (AvgIpc) is 2.37. The minimum Gasteiger partial charge on any atom is -0.478 e. The van der Waals surface area contributed by atoms with E-state index < -0.39 is 5.97 Å². The fourth-order valence-electron chi connectivity index (χ4n) is 1.73. The molecule has 0 saturated carbocycles. The van der Waals surface area contributed by atoms with Gasteiger partial charge >= 0.3 is 5.97 Å². The lowest BCUT2D eigenvalue weighted by Gasteiger charge is -2.08. The van der Waals surface area contributed by atoms with Crippen LogP contribution in [0.4, 0.5) is 0 Å². The first-order valence-corrected chi connectivity index (χ1v) is 5.98. The van der Waals surface area contributed by atoms with E-state index in [0.717, 1.165) is 12.0 Å². The Bertz CT molecular complexity index is 634. The second-order valence-electron chi connectivity index (χ2n) is 4.39. The quantitative estimate of drug-likeness (QED) is 0.835. The molecule has 0 saturated heterocycles. The highest BCUT2D eigenvalue weighted by molar-refractivity contribution is 6.02. The molecule has 4 nitrogen and oxygen atoms in total. The zero-order chi connectivity index (χ0) is 13.8. The van der Waals surface area contributed by atoms with Crippen molar-refractivity contribution in [3.8, 4) is 5.88 Å². The molecule has 0 atom stereocenters. The highest BCUT2D eigenvalue weighted by Gasteiger charge is 2.12. The Balaban J connectivity index is 2.35. The molecule has 0 fully saturated rings. The normalized spacial score (nSPS) is 10.4. The van der Waals surface area contributed by atoms with Crippen LogP contribution < -0.4 is 4.74 Å². The van der Waals surface area contributed by atoms with Crippen LogP contribution in [0.5, 0.6) is 5.88 Å². The summed E-state index contributed by atoms with van der Waals surface area (Å²) in [7, 11) is 0. The van der Waals surface area contributed by atoms with Gasteiger partial charge in [0.25, 0.3) is 0 Å². The van der Waals surface area contributed by atoms with Gasteiger partial charge in [-0.05, 0) is 13.0 Å². The third-order valence-electron chi connectivity index (χ3n) is 2.70. The van der Waals surface area contributed by atoms with Crippen LogP contribution in [0.2, 0.25) is 0 Å². The number of hydrogen-bond donors (Lipinski definition) is 1. The van der Waals surface area contributed by atoms with Crippen molar-refractivity contribution >= 4 is 16.9 Å². The summed E-state index contributed by atoms with van der Waals surface area (Å²) in [4.78, 5) is 15.6. The maximum Gasteiger partial charge on any atom is 0.336 e. The number of pyridine rings is 1. The molecule has 0 spiro atoms. The molecule has 0 aliphatic carbocycles. The highest BCUT2D eigenvalue weighted by atomic mass is 16.5. The number of aromatic nitrogens is 1. The minimum atomic E-state index is -0.983. The van der Waals surface area contributed by atoms with Gasteiger partial charge in [0.05, 0.1) is 17.7 Å². The van der Waals surface area contributed by atoms with Gasteiger partial charge in [0.1, 0.15) is 0 Å². The molecular weight excluding hydrogens is 242 g/mol. The van der Waals surface area contributed by atoms with Gasteiger partial charge in [0.2, 0.25) is 5.88 Å². The summed E-state index contributed by atoms with van der Waals surface area (Å²) in [6.45, 7) is 6.15. The SMILES string of the molecule is C=C(C)CCOc1cc(C(=O)O)c2ccccc2n1. The number of carboxylic acids is 1. The average molecular weight is 257 g/mol. The number of hydrogen-bond acceptors (Lipinski definition) is 3. The van der Waals surface area contributed by atoms with Gasteiger partial charge < -0.3 is 9.84 Å². The Morgan fingerprint density at radius 2 is 2.16 bits per heavy atom. The molecule has 0 aliphatic rings. The molecule has 4 heteroatoms. The van der Waals surface area contributed by atoms with Crippen LogP contribution in [0, 0.1) is 0 Å². The van der Waals surface area contributed by atoms with E-state index in [9.17, 15) is 9.90 Å². The molecule has 1 heterocycles. The Morgan fingerprint density at radius 1 is 1.42 bits per heavy atom. The smallest absolute Gasteiger partial charge is 0.336 e. The van der Waals surface area contributed by atoms with Crippen LogP contribution in [-0.4, -0.2) is 22.7 Å². The van der Waals surface area contributed by atoms with Crippen molar-refractivity contribution in [2.75, 3.05) is 6.61 Å². The van der Waals surface area contributed by atoms with Gasteiger partial charge in [-0.15, -0.1) is 6.58 Å². The van der Waals surface area contributed by atoms with Gasteiger partial charge in [-0.3, -0.25) is 0 Å². The standard InChI is InChI=1S/C15H15NO3/c1-10(2)7-8-19-14-9-12(15(17)18)11-5-3-4-6-13(11)16-14/h3-6,9H,1,7-8H2,2H3,(H,17,18). The Morgan fingerprint density at radius 3 is 2.84 bits per heavy atom. The van der Waals surface area contributed by atoms with Crippen LogP contribution in [0.1, 0.15) is 23.7 Å². The first-order valence-electron chi connectivity index (χ1n) is 5.98. The molecule has 0 unspecified atom stereocenters. The molecular formula is C15H15NO3. The van der Waals surface area contributed by atoms with Gasteiger partial charge in [0, 0.05) is 17.9 Å². The number of para-hydroxylation sites is 1. The number of benzene rings is 1. The van der Waals surface area contributed by atoms with Crippen molar-refractivity contribution in [1.29, 1.82) is 0 Å². The third-order valence-corrected chi connectivity index (χ3v) is 2.70. The number of ether oxygens (including phenoxy) is 1. The lowest BCUT2D eigenvalue weighted by atomic mass is 10.1. The van der Waals surface area contributed by atoms with Crippen molar-refractivity contribution in [2.45, 2.75) is 13.3 Å². The topological polar surface area (TPSA) is 59.4 Å². The fraction of sp³-hybridized carbons (Fsp3) is 0.200.